The van der Waals surface area contributed by atoms with E-state index < -0.39 is 0 Å². The van der Waals surface area contributed by atoms with Crippen LogP contribution >= 0.6 is 0 Å². The van der Waals surface area contributed by atoms with E-state index in [4.69, 9.17) is 5.26 Å². The van der Waals surface area contributed by atoms with Crippen molar-refractivity contribution in [2.75, 3.05) is 17.2 Å². The lowest BCUT2D eigenvalue weighted by Gasteiger charge is -2.11. The second kappa shape index (κ2) is 7.93. The molecular weight excluding hydrogens is 310 g/mol. The Bertz CT molecular complexity index is 867. The smallest absolute Gasteiger partial charge is 0.163 e. The van der Waals surface area contributed by atoms with Crippen molar-refractivity contribution in [2.24, 2.45) is 0 Å². The average molecular weight is 329 g/mol. The summed E-state index contributed by atoms with van der Waals surface area (Å²) in [6.07, 6.45) is 1.02. The molecule has 3 aromatic rings. The summed E-state index contributed by atoms with van der Waals surface area (Å²) in [5, 5.41) is 15.5. The van der Waals surface area contributed by atoms with Crippen molar-refractivity contribution >= 4 is 17.3 Å². The van der Waals surface area contributed by atoms with E-state index >= 15 is 0 Å². The Hall–Kier alpha value is -3.39. The molecule has 0 amide bonds. The minimum Gasteiger partial charge on any atom is -0.370 e. The molecule has 2 aromatic carbocycles. The summed E-state index contributed by atoms with van der Waals surface area (Å²) in [7, 11) is 0. The molecule has 25 heavy (non-hydrogen) atoms. The van der Waals surface area contributed by atoms with Crippen LogP contribution in [-0.2, 0) is 0 Å². The van der Waals surface area contributed by atoms with Crippen molar-refractivity contribution in [3.05, 3.63) is 66.2 Å². The predicted octanol–water partition coefficient (Wildman–Crippen LogP) is 4.58. The molecule has 0 saturated carbocycles. The summed E-state index contributed by atoms with van der Waals surface area (Å²) >= 11 is 0. The molecule has 0 aliphatic carbocycles. The van der Waals surface area contributed by atoms with Gasteiger partial charge >= 0.3 is 0 Å². The maximum Gasteiger partial charge on any atom is 0.163 e. The number of nitrogens with zero attached hydrogens (tertiary/aromatic N) is 3. The number of nitrogens with one attached hydrogen (secondary N) is 2. The molecule has 1 heterocycles. The van der Waals surface area contributed by atoms with Crippen LogP contribution in [-0.4, -0.2) is 16.5 Å². The Morgan fingerprint density at radius 2 is 1.68 bits per heavy atom. The van der Waals surface area contributed by atoms with Crippen molar-refractivity contribution < 1.29 is 0 Å². The molecule has 5 heteroatoms. The quantitative estimate of drug-likeness (QED) is 0.692. The molecule has 0 saturated heterocycles. The van der Waals surface area contributed by atoms with E-state index in [1.807, 2.05) is 48.5 Å². The molecule has 0 spiro atoms. The lowest BCUT2D eigenvalue weighted by Crippen LogP contribution is -2.05. The Morgan fingerprint density at radius 1 is 0.960 bits per heavy atom. The second-order valence-corrected chi connectivity index (χ2v) is 5.57. The Kier molecular flexibility index (Phi) is 5.22. The molecular formula is C20H19N5. The third-order valence-corrected chi connectivity index (χ3v) is 3.60. The van der Waals surface area contributed by atoms with Crippen LogP contribution in [0.1, 0.15) is 18.9 Å². The van der Waals surface area contributed by atoms with Gasteiger partial charge in [-0.15, -0.1) is 0 Å². The first-order valence-corrected chi connectivity index (χ1v) is 8.24. The molecule has 0 bridgehead atoms. The molecule has 0 radical (unpaired) electrons. The van der Waals surface area contributed by atoms with E-state index in [0.717, 1.165) is 30.0 Å². The van der Waals surface area contributed by atoms with Gasteiger partial charge in [0.2, 0.25) is 0 Å². The average Bonchev–Trinajstić information content (AvgIpc) is 2.67. The summed E-state index contributed by atoms with van der Waals surface area (Å²) in [5.41, 5.74) is 2.46. The minimum atomic E-state index is 0.628. The number of rotatable bonds is 6. The van der Waals surface area contributed by atoms with Crippen molar-refractivity contribution in [3.63, 3.8) is 0 Å². The Labute approximate surface area is 147 Å². The second-order valence-electron chi connectivity index (χ2n) is 5.57. The van der Waals surface area contributed by atoms with E-state index in [1.165, 1.54) is 0 Å². The fourth-order valence-electron chi connectivity index (χ4n) is 2.35. The molecule has 1 aromatic heterocycles. The van der Waals surface area contributed by atoms with Gasteiger partial charge < -0.3 is 10.6 Å². The number of hydrogen-bond donors (Lipinski definition) is 2. The van der Waals surface area contributed by atoms with Crippen LogP contribution in [0.25, 0.3) is 11.4 Å². The Morgan fingerprint density at radius 3 is 2.36 bits per heavy atom. The van der Waals surface area contributed by atoms with E-state index in [9.17, 15) is 0 Å². The summed E-state index contributed by atoms with van der Waals surface area (Å²) in [6.45, 7) is 2.96. The van der Waals surface area contributed by atoms with Gasteiger partial charge in [-0.05, 0) is 30.7 Å². The molecule has 2 N–H and O–H groups in total. The summed E-state index contributed by atoms with van der Waals surface area (Å²) in [5.74, 6) is 2.15. The highest BCUT2D eigenvalue weighted by Gasteiger charge is 2.07. The number of aromatic nitrogens is 2. The number of anilines is 3. The monoisotopic (exact) mass is 329 g/mol. The third-order valence-electron chi connectivity index (χ3n) is 3.60. The fraction of sp³-hybridized carbons (Fsp3) is 0.150. The SMILES string of the molecule is CCCNc1cc(Nc2ccc(C#N)cc2)nc(-c2ccccc2)n1. The van der Waals surface area contributed by atoms with Crippen molar-refractivity contribution in [1.82, 2.24) is 9.97 Å². The normalized spacial score (nSPS) is 10.1. The van der Waals surface area contributed by atoms with E-state index in [2.05, 4.69) is 33.6 Å². The van der Waals surface area contributed by atoms with Gasteiger partial charge in [-0.1, -0.05) is 37.3 Å². The van der Waals surface area contributed by atoms with Crippen LogP contribution in [0.2, 0.25) is 0 Å². The van der Waals surface area contributed by atoms with Gasteiger partial charge in [0.1, 0.15) is 11.6 Å². The molecule has 0 atom stereocenters. The van der Waals surface area contributed by atoms with Gasteiger partial charge in [-0.25, -0.2) is 9.97 Å². The van der Waals surface area contributed by atoms with E-state index in [0.29, 0.717) is 17.2 Å². The topological polar surface area (TPSA) is 73.6 Å². The first-order chi connectivity index (χ1) is 12.3. The van der Waals surface area contributed by atoms with E-state index in [-0.39, 0.29) is 0 Å². The van der Waals surface area contributed by atoms with Gasteiger partial charge in [0.15, 0.2) is 5.82 Å². The zero-order valence-corrected chi connectivity index (χ0v) is 14.0. The lowest BCUT2D eigenvalue weighted by molar-refractivity contribution is 0.966. The standard InChI is InChI=1S/C20H19N5/c1-2-12-22-18-13-19(23-17-10-8-15(14-21)9-11-17)25-20(24-18)16-6-4-3-5-7-16/h3-11,13H,2,12H2,1H3,(H2,22,23,24,25). The van der Waals surface area contributed by atoms with Crippen LogP contribution in [0.3, 0.4) is 0 Å². The Balaban J connectivity index is 1.92. The van der Waals surface area contributed by atoms with Gasteiger partial charge in [-0.2, -0.15) is 5.26 Å². The number of hydrogen-bond acceptors (Lipinski definition) is 5. The lowest BCUT2D eigenvalue weighted by atomic mass is 10.2. The maximum atomic E-state index is 8.90. The van der Waals surface area contributed by atoms with Gasteiger partial charge in [0.05, 0.1) is 11.6 Å². The summed E-state index contributed by atoms with van der Waals surface area (Å²) in [4.78, 5) is 9.23. The minimum absolute atomic E-state index is 0.628. The van der Waals surface area contributed by atoms with Crippen LogP contribution in [0.4, 0.5) is 17.3 Å². The zero-order chi connectivity index (χ0) is 17.5. The highest BCUT2D eigenvalue weighted by atomic mass is 15.1. The van der Waals surface area contributed by atoms with Crippen molar-refractivity contribution in [2.45, 2.75) is 13.3 Å². The third kappa shape index (κ3) is 4.33. The first kappa shape index (κ1) is 16.5. The van der Waals surface area contributed by atoms with Gasteiger partial charge in [0, 0.05) is 23.9 Å². The highest BCUT2D eigenvalue weighted by Crippen LogP contribution is 2.23. The molecule has 0 aliphatic rings. The zero-order valence-electron chi connectivity index (χ0n) is 14.0. The molecule has 0 fully saturated rings. The number of nitriles is 1. The van der Waals surface area contributed by atoms with Gasteiger partial charge in [0.25, 0.3) is 0 Å². The van der Waals surface area contributed by atoms with Crippen LogP contribution in [0.15, 0.2) is 60.7 Å². The molecule has 5 nitrogen and oxygen atoms in total. The van der Waals surface area contributed by atoms with Crippen molar-refractivity contribution in [3.8, 4) is 17.5 Å². The van der Waals surface area contributed by atoms with Gasteiger partial charge in [-0.3, -0.25) is 0 Å². The molecule has 3 rings (SSSR count). The van der Waals surface area contributed by atoms with Crippen LogP contribution in [0, 0.1) is 11.3 Å². The summed E-state index contributed by atoms with van der Waals surface area (Å²) in [6, 6.07) is 21.2. The molecule has 0 unspecified atom stereocenters. The van der Waals surface area contributed by atoms with Crippen LogP contribution in [0.5, 0.6) is 0 Å². The first-order valence-electron chi connectivity index (χ1n) is 8.24. The van der Waals surface area contributed by atoms with E-state index in [1.54, 1.807) is 12.1 Å². The fourth-order valence-corrected chi connectivity index (χ4v) is 2.35. The molecule has 124 valence electrons. The summed E-state index contributed by atoms with van der Waals surface area (Å²) < 4.78 is 0. The molecule has 0 aliphatic heterocycles. The number of benzene rings is 2. The predicted molar refractivity (Wildman–Crippen MR) is 101 cm³/mol. The largest absolute Gasteiger partial charge is 0.370 e. The van der Waals surface area contributed by atoms with Crippen molar-refractivity contribution in [1.29, 1.82) is 5.26 Å². The highest BCUT2D eigenvalue weighted by molar-refractivity contribution is 5.65. The maximum absolute atomic E-state index is 8.90. The van der Waals surface area contributed by atoms with Crippen LogP contribution < -0.4 is 10.6 Å².